The van der Waals surface area contributed by atoms with Gasteiger partial charge in [-0.05, 0) is 6.42 Å². The molecular weight excluding hydrogens is 244 g/mol. The zero-order valence-electron chi connectivity index (χ0n) is 11.9. The lowest BCUT2D eigenvalue weighted by Crippen LogP contribution is -2.64. The third kappa shape index (κ3) is 2.43. The molecule has 3 amide bonds. The van der Waals surface area contributed by atoms with Crippen LogP contribution in [0.25, 0.3) is 0 Å². The Labute approximate surface area is 114 Å². The molecule has 0 aromatic heterocycles. The summed E-state index contributed by atoms with van der Waals surface area (Å²) < 4.78 is 0. The molecule has 0 N–H and O–H groups in total. The minimum atomic E-state index is -0.364. The molecule has 2 rings (SSSR count). The Morgan fingerprint density at radius 1 is 1.21 bits per heavy atom. The van der Waals surface area contributed by atoms with Crippen LogP contribution in [0.3, 0.4) is 0 Å². The van der Waals surface area contributed by atoms with Crippen molar-refractivity contribution in [1.82, 2.24) is 14.7 Å². The summed E-state index contributed by atoms with van der Waals surface area (Å²) in [6, 6.07) is -0.580. The Morgan fingerprint density at radius 2 is 1.95 bits per heavy atom. The van der Waals surface area contributed by atoms with Crippen molar-refractivity contribution in [1.29, 1.82) is 0 Å². The summed E-state index contributed by atoms with van der Waals surface area (Å²) >= 11 is 0. The van der Waals surface area contributed by atoms with Crippen molar-refractivity contribution in [2.75, 3.05) is 20.6 Å². The molecule has 0 unspecified atom stereocenters. The number of likely N-dealkylation sites (N-methyl/N-ethyl adjacent to an activating group) is 2. The van der Waals surface area contributed by atoms with E-state index in [1.807, 2.05) is 7.05 Å². The molecule has 0 aromatic rings. The first-order chi connectivity index (χ1) is 9.07. The highest BCUT2D eigenvalue weighted by atomic mass is 16.2. The number of hydrogen-bond donors (Lipinski definition) is 0. The van der Waals surface area contributed by atoms with Gasteiger partial charge in [-0.25, -0.2) is 9.79 Å². The number of nitrogens with zero attached hydrogens (tertiary/aromatic N) is 4. The smallest absolute Gasteiger partial charge is 0.328 e. The van der Waals surface area contributed by atoms with Crippen molar-refractivity contribution in [3.05, 3.63) is 0 Å². The second kappa shape index (κ2) is 5.59. The van der Waals surface area contributed by atoms with E-state index in [4.69, 9.17) is 0 Å². The molecule has 0 spiro atoms. The molecule has 6 nitrogen and oxygen atoms in total. The van der Waals surface area contributed by atoms with Gasteiger partial charge in [-0.2, -0.15) is 0 Å². The maximum atomic E-state index is 12.4. The van der Waals surface area contributed by atoms with Crippen LogP contribution in [0, 0.1) is 0 Å². The molecular formula is C13H22N4O2. The van der Waals surface area contributed by atoms with E-state index < -0.39 is 0 Å². The zero-order chi connectivity index (χ0) is 14.0. The number of hydrogen-bond acceptors (Lipinski definition) is 4. The Balaban J connectivity index is 2.03. The van der Waals surface area contributed by atoms with E-state index in [1.165, 1.54) is 4.90 Å². The van der Waals surface area contributed by atoms with Crippen molar-refractivity contribution in [3.63, 3.8) is 0 Å². The van der Waals surface area contributed by atoms with E-state index in [9.17, 15) is 9.59 Å². The average molecular weight is 266 g/mol. The predicted molar refractivity (Wildman–Crippen MR) is 72.8 cm³/mol. The van der Waals surface area contributed by atoms with E-state index in [0.29, 0.717) is 6.54 Å². The molecule has 0 radical (unpaired) electrons. The van der Waals surface area contributed by atoms with Gasteiger partial charge in [-0.1, -0.05) is 26.2 Å². The first-order valence-electron chi connectivity index (χ1n) is 6.91. The summed E-state index contributed by atoms with van der Waals surface area (Å²) in [6.07, 6.45) is 5.48. The van der Waals surface area contributed by atoms with E-state index >= 15 is 0 Å². The lowest BCUT2D eigenvalue weighted by atomic mass is 10.1. The summed E-state index contributed by atoms with van der Waals surface area (Å²) in [7, 11) is 3.53. The van der Waals surface area contributed by atoms with Gasteiger partial charge in [-0.15, -0.1) is 0 Å². The maximum absolute atomic E-state index is 12.4. The van der Waals surface area contributed by atoms with Crippen molar-refractivity contribution >= 4 is 18.3 Å². The quantitative estimate of drug-likeness (QED) is 0.701. The van der Waals surface area contributed by atoms with Crippen molar-refractivity contribution in [2.24, 2.45) is 4.99 Å². The molecule has 1 saturated heterocycles. The van der Waals surface area contributed by atoms with Gasteiger partial charge < -0.3 is 9.80 Å². The minimum absolute atomic E-state index is 0.121. The molecule has 0 bridgehead atoms. The largest absolute Gasteiger partial charge is 0.351 e. The Morgan fingerprint density at radius 3 is 2.63 bits per heavy atom. The first-order valence-corrected chi connectivity index (χ1v) is 6.91. The maximum Gasteiger partial charge on any atom is 0.328 e. The van der Waals surface area contributed by atoms with Gasteiger partial charge in [-0.3, -0.25) is 9.69 Å². The molecule has 2 aliphatic heterocycles. The minimum Gasteiger partial charge on any atom is -0.351 e. The number of imide groups is 1. The lowest BCUT2D eigenvalue weighted by molar-refractivity contribution is -0.137. The summed E-state index contributed by atoms with van der Waals surface area (Å²) in [4.78, 5) is 33.5. The molecule has 106 valence electrons. The van der Waals surface area contributed by atoms with E-state index in [-0.39, 0.29) is 24.1 Å². The van der Waals surface area contributed by atoms with Crippen LogP contribution in [-0.4, -0.2) is 65.8 Å². The van der Waals surface area contributed by atoms with Crippen molar-refractivity contribution in [3.8, 4) is 0 Å². The number of amides is 3. The highest BCUT2D eigenvalue weighted by Gasteiger charge is 2.48. The fourth-order valence-electron chi connectivity index (χ4n) is 2.61. The van der Waals surface area contributed by atoms with Crippen molar-refractivity contribution < 1.29 is 9.59 Å². The lowest BCUT2D eigenvalue weighted by Gasteiger charge is -2.40. The topological polar surface area (TPSA) is 56.2 Å². The Hall–Kier alpha value is -1.59. The molecule has 19 heavy (non-hydrogen) atoms. The van der Waals surface area contributed by atoms with E-state index in [0.717, 1.165) is 25.7 Å². The van der Waals surface area contributed by atoms with Gasteiger partial charge in [0.05, 0.1) is 6.34 Å². The fourth-order valence-corrected chi connectivity index (χ4v) is 2.61. The first kappa shape index (κ1) is 13.8. The molecule has 2 aliphatic rings. The van der Waals surface area contributed by atoms with E-state index in [1.54, 1.807) is 23.2 Å². The fraction of sp³-hybridized carbons (Fsp3) is 0.769. The SMILES string of the molecule is CCCCCCN1C(=O)[C@@H]2[C@@H](N=CN2C)N(C)C1=O. The predicted octanol–water partition coefficient (Wildman–Crippen LogP) is 1.13. The van der Waals surface area contributed by atoms with Gasteiger partial charge in [0, 0.05) is 20.6 Å². The molecule has 1 fully saturated rings. The highest BCUT2D eigenvalue weighted by Crippen LogP contribution is 2.24. The average Bonchev–Trinajstić information content (AvgIpc) is 2.77. The summed E-state index contributed by atoms with van der Waals surface area (Å²) in [6.45, 7) is 2.65. The number of carbonyl (C=O) groups excluding carboxylic acids is 2. The number of urea groups is 1. The molecule has 2 heterocycles. The van der Waals surface area contributed by atoms with Crippen molar-refractivity contribution in [2.45, 2.75) is 44.8 Å². The van der Waals surface area contributed by atoms with Crippen LogP contribution in [0.5, 0.6) is 0 Å². The number of carbonyl (C=O) groups is 2. The summed E-state index contributed by atoms with van der Waals surface area (Å²) in [5.41, 5.74) is 0. The van der Waals surface area contributed by atoms with Crippen LogP contribution in [0.1, 0.15) is 32.6 Å². The van der Waals surface area contributed by atoms with Gasteiger partial charge in [0.25, 0.3) is 5.91 Å². The summed E-state index contributed by atoms with van der Waals surface area (Å²) in [5.74, 6) is -0.121. The standard InChI is InChI=1S/C13H22N4O2/c1-4-5-6-7-8-17-12(18)10-11(14-9-15(10)2)16(3)13(17)19/h9-11H,4-8H2,1-3H3/t10-,11-/m0/s1. The van der Waals surface area contributed by atoms with Gasteiger partial charge >= 0.3 is 6.03 Å². The van der Waals surface area contributed by atoms with Gasteiger partial charge in [0.15, 0.2) is 12.2 Å². The van der Waals surface area contributed by atoms with Crippen LogP contribution in [0.2, 0.25) is 0 Å². The number of fused-ring (bicyclic) bond motifs is 1. The molecule has 6 heteroatoms. The number of unbranched alkanes of at least 4 members (excludes halogenated alkanes) is 3. The van der Waals surface area contributed by atoms with Gasteiger partial charge in [0.2, 0.25) is 0 Å². The van der Waals surface area contributed by atoms with Crippen LogP contribution >= 0.6 is 0 Å². The Bertz CT molecular complexity index is 396. The van der Waals surface area contributed by atoms with Crippen LogP contribution in [0.15, 0.2) is 4.99 Å². The summed E-state index contributed by atoms with van der Waals surface area (Å²) in [5, 5.41) is 0. The second-order valence-electron chi connectivity index (χ2n) is 5.23. The van der Waals surface area contributed by atoms with Gasteiger partial charge in [0.1, 0.15) is 0 Å². The van der Waals surface area contributed by atoms with Crippen LogP contribution < -0.4 is 0 Å². The number of rotatable bonds is 5. The molecule has 0 aliphatic carbocycles. The number of aliphatic imine (C=N–C) groups is 1. The monoisotopic (exact) mass is 266 g/mol. The molecule has 0 saturated carbocycles. The van der Waals surface area contributed by atoms with Crippen LogP contribution in [-0.2, 0) is 4.79 Å². The van der Waals surface area contributed by atoms with Crippen LogP contribution in [0.4, 0.5) is 4.79 Å². The normalized spacial score (nSPS) is 26.4. The second-order valence-corrected chi connectivity index (χ2v) is 5.23. The third-order valence-corrected chi connectivity index (χ3v) is 3.81. The van der Waals surface area contributed by atoms with E-state index in [2.05, 4.69) is 11.9 Å². The highest BCUT2D eigenvalue weighted by molar-refractivity contribution is 6.01. The molecule has 2 atom stereocenters. The zero-order valence-corrected chi connectivity index (χ0v) is 11.9. The third-order valence-electron chi connectivity index (χ3n) is 3.81. The Kier molecular flexibility index (Phi) is 4.07. The molecule has 0 aromatic carbocycles.